The number of ether oxygens (including phenoxy) is 1. The van der Waals surface area contributed by atoms with Crippen LogP contribution in [0.15, 0.2) is 54.1 Å². The quantitative estimate of drug-likeness (QED) is 0.194. The van der Waals surface area contributed by atoms with Gasteiger partial charge >= 0.3 is 0 Å². The van der Waals surface area contributed by atoms with Crippen LogP contribution in [0.4, 0.5) is 15.9 Å². The highest BCUT2D eigenvalue weighted by Gasteiger charge is 2.46. The first kappa shape index (κ1) is 40.5. The van der Waals surface area contributed by atoms with Gasteiger partial charge in [-0.2, -0.15) is 5.26 Å². The highest BCUT2D eigenvalue weighted by Crippen LogP contribution is 2.46. The normalized spacial score (nSPS) is 23.9. The molecular weight excluding hydrogens is 803 g/mol. The molecule has 0 bridgehead atoms. The summed E-state index contributed by atoms with van der Waals surface area (Å²) in [6, 6.07) is 12.2. The molecule has 2 aliphatic carbocycles. The van der Waals surface area contributed by atoms with Gasteiger partial charge in [0.25, 0.3) is 17.7 Å². The second-order valence-electron chi connectivity index (χ2n) is 17.4. The van der Waals surface area contributed by atoms with Crippen molar-refractivity contribution in [2.24, 2.45) is 11.3 Å². The number of amides is 5. The van der Waals surface area contributed by atoms with E-state index < -0.39 is 35.5 Å². The lowest BCUT2D eigenvalue weighted by Crippen LogP contribution is -2.57. The highest BCUT2D eigenvalue weighted by atomic mass is 35.5. The molecule has 6 aliphatic rings. The summed E-state index contributed by atoms with van der Waals surface area (Å²) in [7, 11) is 0. The molecule has 14 nitrogen and oxygen atoms in total. The third-order valence-electron chi connectivity index (χ3n) is 13.4. The molecule has 4 fully saturated rings. The van der Waals surface area contributed by atoms with Crippen LogP contribution < -0.4 is 25.2 Å². The molecule has 2 aromatic carbocycles. The van der Waals surface area contributed by atoms with Gasteiger partial charge in [0.05, 0.1) is 33.5 Å². The molecule has 1 saturated carbocycles. The number of hydrogen-bond donors (Lipinski definition) is 2. The Morgan fingerprint density at radius 1 is 0.934 bits per heavy atom. The van der Waals surface area contributed by atoms with Crippen LogP contribution >= 0.6 is 11.6 Å². The zero-order valence-corrected chi connectivity index (χ0v) is 34.4. The van der Waals surface area contributed by atoms with Crippen molar-refractivity contribution in [2.75, 3.05) is 36.0 Å². The predicted octanol–water partition coefficient (Wildman–Crippen LogP) is 5.89. The molecule has 3 aromatic rings. The van der Waals surface area contributed by atoms with Crippen molar-refractivity contribution in [1.29, 1.82) is 5.26 Å². The summed E-state index contributed by atoms with van der Waals surface area (Å²) < 4.78 is 21.5. The minimum absolute atomic E-state index is 0.0131. The van der Waals surface area contributed by atoms with E-state index in [4.69, 9.17) is 21.6 Å². The van der Waals surface area contributed by atoms with Gasteiger partial charge in [0.2, 0.25) is 11.8 Å². The summed E-state index contributed by atoms with van der Waals surface area (Å²) in [5, 5.41) is 23.4. The fourth-order valence-corrected chi connectivity index (χ4v) is 10.1. The summed E-state index contributed by atoms with van der Waals surface area (Å²) in [5.41, 5.74) is 2.70. The molecule has 1 unspecified atom stereocenters. The third kappa shape index (κ3) is 8.17. The summed E-state index contributed by atoms with van der Waals surface area (Å²) in [6.07, 6.45) is 11.5. The number of nitriles is 1. The van der Waals surface area contributed by atoms with Gasteiger partial charge < -0.3 is 19.9 Å². The number of hydrogen-bond acceptors (Lipinski definition) is 11. The number of rotatable bonds is 9. The van der Waals surface area contributed by atoms with E-state index in [-0.39, 0.29) is 53.1 Å². The number of benzene rings is 2. The Morgan fingerprint density at radius 2 is 1.69 bits per heavy atom. The van der Waals surface area contributed by atoms with Crippen molar-refractivity contribution < 1.29 is 33.1 Å². The average Bonchev–Trinajstić information content (AvgIpc) is 3.48. The molecule has 1 atom stereocenters. The van der Waals surface area contributed by atoms with E-state index in [0.717, 1.165) is 94.1 Å². The van der Waals surface area contributed by atoms with Crippen LogP contribution in [0.25, 0.3) is 0 Å². The lowest BCUT2D eigenvalue weighted by atomic mass is 9.68. The first-order chi connectivity index (χ1) is 29.5. The predicted molar refractivity (Wildman–Crippen MR) is 222 cm³/mol. The first-order valence-electron chi connectivity index (χ1n) is 21.2. The Labute approximate surface area is 357 Å². The van der Waals surface area contributed by atoms with E-state index in [0.29, 0.717) is 41.0 Å². The zero-order valence-electron chi connectivity index (χ0n) is 33.6. The summed E-state index contributed by atoms with van der Waals surface area (Å²) in [6.45, 7) is 3.03. The van der Waals surface area contributed by atoms with E-state index in [9.17, 15) is 24.0 Å². The van der Waals surface area contributed by atoms with Crippen LogP contribution in [0, 0.1) is 28.5 Å². The topological polar surface area (TPSA) is 178 Å². The number of carbonyl (C=O) groups is 5. The summed E-state index contributed by atoms with van der Waals surface area (Å²) in [4.78, 5) is 68.5. The van der Waals surface area contributed by atoms with Gasteiger partial charge in [-0.1, -0.05) is 23.3 Å². The van der Waals surface area contributed by atoms with Crippen molar-refractivity contribution in [3.8, 4) is 11.8 Å². The molecule has 5 heterocycles. The smallest absolute Gasteiger partial charge is 0.272 e. The fraction of sp³-hybridized carbons (Fsp3) is 0.467. The van der Waals surface area contributed by atoms with E-state index in [1.807, 2.05) is 17.0 Å². The van der Waals surface area contributed by atoms with Crippen molar-refractivity contribution >= 4 is 52.6 Å². The van der Waals surface area contributed by atoms with Crippen molar-refractivity contribution in [1.82, 2.24) is 25.7 Å². The van der Waals surface area contributed by atoms with Gasteiger partial charge in [0.15, 0.2) is 11.5 Å². The first-order valence-corrected chi connectivity index (χ1v) is 21.6. The zero-order chi connectivity index (χ0) is 42.4. The van der Waals surface area contributed by atoms with Crippen LogP contribution in [-0.4, -0.2) is 89.0 Å². The fourth-order valence-electron chi connectivity index (χ4n) is 9.91. The van der Waals surface area contributed by atoms with Crippen LogP contribution in [0.2, 0.25) is 5.02 Å². The standard InChI is InChI=1S/C45H46ClFN8O6/c46-34-20-31(4-1-28(34)23-48)61-30-5-2-29(3-6-30)49-41(57)36-7-9-39(52-51-36)54-24-45(25-54)15-11-26(12-16-45)19-27-13-17-53(18-14-27)38-22-33-32(21-35(38)47)43(59)55(44(33)60)37-8-10-40(56)50-42(37)58/h1,4,7,9,11,20-22,27,29-30,37H,2-3,5-6,8,10,12-19,24-25H2,(H,49,57)(H,50,56,58)/t29-,30-,37?. The Kier molecular flexibility index (Phi) is 11.0. The Morgan fingerprint density at radius 3 is 2.34 bits per heavy atom. The van der Waals surface area contributed by atoms with Gasteiger partial charge in [-0.15, -0.1) is 10.2 Å². The van der Waals surface area contributed by atoms with Crippen LogP contribution in [0.5, 0.6) is 5.75 Å². The number of fused-ring (bicyclic) bond motifs is 1. The molecule has 4 aliphatic heterocycles. The maximum Gasteiger partial charge on any atom is 0.272 e. The second-order valence-corrected chi connectivity index (χ2v) is 17.9. The van der Waals surface area contributed by atoms with E-state index in [1.54, 1.807) is 24.3 Å². The lowest BCUT2D eigenvalue weighted by molar-refractivity contribution is -0.136. The average molecular weight is 849 g/mol. The van der Waals surface area contributed by atoms with E-state index in [1.165, 1.54) is 11.6 Å². The molecular formula is C45H46ClFN8O6. The monoisotopic (exact) mass is 848 g/mol. The minimum Gasteiger partial charge on any atom is -0.490 e. The van der Waals surface area contributed by atoms with Gasteiger partial charge in [0, 0.05) is 50.1 Å². The number of allylic oxidation sites excluding steroid dienone is 2. The molecule has 2 N–H and O–H groups in total. The van der Waals surface area contributed by atoms with Gasteiger partial charge in [0.1, 0.15) is 23.7 Å². The number of piperidine rings is 2. The summed E-state index contributed by atoms with van der Waals surface area (Å²) in [5.74, 6) is -1.43. The number of halogens is 2. The molecule has 316 valence electrons. The maximum atomic E-state index is 15.5. The molecule has 5 amide bonds. The number of carbonyl (C=O) groups excluding carboxylic acids is 5. The maximum absolute atomic E-state index is 15.5. The lowest BCUT2D eigenvalue weighted by Gasteiger charge is -2.52. The molecule has 16 heteroatoms. The van der Waals surface area contributed by atoms with E-state index in [2.05, 4.69) is 31.8 Å². The number of nitrogens with one attached hydrogen (secondary N) is 2. The van der Waals surface area contributed by atoms with Crippen LogP contribution in [0.3, 0.4) is 0 Å². The van der Waals surface area contributed by atoms with E-state index >= 15 is 4.39 Å². The molecule has 3 saturated heterocycles. The SMILES string of the molecule is N#Cc1ccc(O[C@H]2CC[C@H](NC(=O)c3ccc(N4CC5(CC=C(CC6CCN(c7cc8c(cc7F)C(=O)N(C7CCC(=O)NC7=O)C8=O)CC6)CC5)C4)nn3)CC2)cc1Cl. The van der Waals surface area contributed by atoms with Gasteiger partial charge in [-0.25, -0.2) is 4.39 Å². The van der Waals surface area contributed by atoms with Gasteiger partial charge in [-0.3, -0.25) is 34.2 Å². The number of imide groups is 2. The molecule has 61 heavy (non-hydrogen) atoms. The van der Waals surface area contributed by atoms with Crippen molar-refractivity contribution in [3.05, 3.63) is 87.3 Å². The molecule has 0 radical (unpaired) electrons. The van der Waals surface area contributed by atoms with Crippen LogP contribution in [0.1, 0.15) is 114 Å². The number of anilines is 2. The van der Waals surface area contributed by atoms with Gasteiger partial charge in [-0.05, 0) is 113 Å². The Hall–Kier alpha value is -5.88. The number of nitrogens with zero attached hydrogens (tertiary/aromatic N) is 6. The summed E-state index contributed by atoms with van der Waals surface area (Å²) >= 11 is 6.15. The molecule has 1 spiro atoms. The largest absolute Gasteiger partial charge is 0.490 e. The number of aromatic nitrogens is 2. The third-order valence-corrected chi connectivity index (χ3v) is 13.8. The Balaban J connectivity index is 0.707. The molecule has 1 aromatic heterocycles. The molecule has 9 rings (SSSR count). The Bertz CT molecular complexity index is 2360. The van der Waals surface area contributed by atoms with Crippen molar-refractivity contribution in [3.63, 3.8) is 0 Å². The van der Waals surface area contributed by atoms with Crippen LogP contribution in [-0.2, 0) is 9.59 Å². The minimum atomic E-state index is -1.09. The van der Waals surface area contributed by atoms with Crippen molar-refractivity contribution in [2.45, 2.75) is 95.2 Å². The second kappa shape index (κ2) is 16.5. The highest BCUT2D eigenvalue weighted by molar-refractivity contribution is 6.31.